The number of halogens is 1. The molecular formula is C20H22ClN5OS. The predicted octanol–water partition coefficient (Wildman–Crippen LogP) is 2.93. The summed E-state index contributed by atoms with van der Waals surface area (Å²) in [6.07, 6.45) is 5.96. The van der Waals surface area contributed by atoms with E-state index in [4.69, 9.17) is 16.6 Å². The Kier molecular flexibility index (Phi) is 5.75. The van der Waals surface area contributed by atoms with Crippen molar-refractivity contribution in [2.24, 2.45) is 7.05 Å². The normalized spacial score (nSPS) is 16.0. The average molecular weight is 416 g/mol. The molecule has 1 atom stereocenters. The Labute approximate surface area is 173 Å². The van der Waals surface area contributed by atoms with Crippen molar-refractivity contribution in [2.45, 2.75) is 25.3 Å². The number of imidazole rings is 1. The molecule has 1 aliphatic heterocycles. The van der Waals surface area contributed by atoms with Crippen molar-refractivity contribution in [3.8, 4) is 0 Å². The van der Waals surface area contributed by atoms with E-state index >= 15 is 0 Å². The summed E-state index contributed by atoms with van der Waals surface area (Å²) >= 11 is 7.75. The van der Waals surface area contributed by atoms with E-state index in [0.29, 0.717) is 12.2 Å². The molecule has 0 saturated carbocycles. The fourth-order valence-corrected chi connectivity index (χ4v) is 4.61. The molecule has 6 nitrogen and oxygen atoms in total. The Morgan fingerprint density at radius 1 is 1.39 bits per heavy atom. The van der Waals surface area contributed by atoms with Crippen LogP contribution >= 0.6 is 22.9 Å². The second kappa shape index (κ2) is 8.43. The lowest BCUT2D eigenvalue weighted by molar-refractivity contribution is 0.0949. The number of aryl methyl sites for hydroxylation is 1. The molecule has 2 aromatic heterocycles. The Hall–Kier alpha value is -2.22. The number of hydrogen-bond donors (Lipinski definition) is 2. The lowest BCUT2D eigenvalue weighted by atomic mass is 9.99. The summed E-state index contributed by atoms with van der Waals surface area (Å²) in [4.78, 5) is 22.4. The van der Waals surface area contributed by atoms with Crippen molar-refractivity contribution in [1.29, 1.82) is 0 Å². The van der Waals surface area contributed by atoms with E-state index in [9.17, 15) is 4.79 Å². The zero-order chi connectivity index (χ0) is 19.5. The minimum Gasteiger partial charge on any atom is -0.350 e. The summed E-state index contributed by atoms with van der Waals surface area (Å²) < 4.78 is 1.76. The van der Waals surface area contributed by atoms with Crippen molar-refractivity contribution in [2.75, 3.05) is 13.1 Å². The number of amides is 1. The number of rotatable bonds is 6. The van der Waals surface area contributed by atoms with Gasteiger partial charge in [-0.05, 0) is 30.5 Å². The molecule has 0 aliphatic carbocycles. The van der Waals surface area contributed by atoms with Crippen LogP contribution in [0.15, 0.2) is 36.8 Å². The molecule has 3 heterocycles. The second-order valence-corrected chi connectivity index (χ2v) is 8.54. The first-order valence-corrected chi connectivity index (χ1v) is 10.5. The van der Waals surface area contributed by atoms with Crippen LogP contribution in [0, 0.1) is 0 Å². The maximum absolute atomic E-state index is 12.1. The van der Waals surface area contributed by atoms with Crippen LogP contribution in [-0.2, 0) is 26.3 Å². The summed E-state index contributed by atoms with van der Waals surface area (Å²) in [7, 11) is 1.85. The monoisotopic (exact) mass is 415 g/mol. The van der Waals surface area contributed by atoms with Gasteiger partial charge < -0.3 is 15.2 Å². The van der Waals surface area contributed by atoms with Crippen LogP contribution in [0.5, 0.6) is 0 Å². The Bertz CT molecular complexity index is 965. The molecule has 0 radical (unpaired) electrons. The first-order valence-electron chi connectivity index (χ1n) is 9.31. The number of carbonyl (C=O) groups excluding carboxylic acids is 1. The molecule has 0 spiro atoms. The summed E-state index contributed by atoms with van der Waals surface area (Å²) in [5.41, 5.74) is 2.83. The maximum Gasteiger partial charge on any atom is 0.271 e. The van der Waals surface area contributed by atoms with E-state index in [0.717, 1.165) is 41.5 Å². The van der Waals surface area contributed by atoms with Gasteiger partial charge >= 0.3 is 0 Å². The number of thiazole rings is 1. The molecule has 0 saturated heterocycles. The molecule has 4 rings (SSSR count). The van der Waals surface area contributed by atoms with Crippen LogP contribution < -0.4 is 10.6 Å². The van der Waals surface area contributed by atoms with Gasteiger partial charge in [0.15, 0.2) is 0 Å². The molecule has 2 N–H and O–H groups in total. The fourth-order valence-electron chi connectivity index (χ4n) is 3.36. The Balaban J connectivity index is 1.37. The zero-order valence-corrected chi connectivity index (χ0v) is 17.2. The largest absolute Gasteiger partial charge is 0.350 e. The molecular weight excluding hydrogens is 394 g/mol. The molecule has 3 aromatic rings. The summed E-state index contributed by atoms with van der Waals surface area (Å²) in [6.45, 7) is 1.51. The van der Waals surface area contributed by atoms with Gasteiger partial charge in [-0.2, -0.15) is 0 Å². The van der Waals surface area contributed by atoms with Crippen LogP contribution in [0.1, 0.15) is 37.7 Å². The quantitative estimate of drug-likeness (QED) is 0.649. The minimum atomic E-state index is -0.149. The number of hydrogen-bond acceptors (Lipinski definition) is 5. The third kappa shape index (κ3) is 4.43. The maximum atomic E-state index is 12.1. The van der Waals surface area contributed by atoms with Crippen LogP contribution in [-0.4, -0.2) is 33.5 Å². The molecule has 1 amide bonds. The molecule has 1 aliphatic rings. The van der Waals surface area contributed by atoms with Gasteiger partial charge in [0.2, 0.25) is 0 Å². The van der Waals surface area contributed by atoms with E-state index in [2.05, 4.69) is 27.8 Å². The first kappa shape index (κ1) is 19.1. The number of benzene rings is 1. The number of carbonyl (C=O) groups is 1. The van der Waals surface area contributed by atoms with E-state index in [-0.39, 0.29) is 11.9 Å². The van der Waals surface area contributed by atoms with Gasteiger partial charge in [-0.15, -0.1) is 11.3 Å². The van der Waals surface area contributed by atoms with Crippen LogP contribution in [0.3, 0.4) is 0 Å². The third-order valence-electron chi connectivity index (χ3n) is 4.76. The van der Waals surface area contributed by atoms with Gasteiger partial charge in [0.25, 0.3) is 5.91 Å². The first-order chi connectivity index (χ1) is 13.6. The Morgan fingerprint density at radius 2 is 2.21 bits per heavy atom. The summed E-state index contributed by atoms with van der Waals surface area (Å²) in [5.74, 6) is -0.149. The highest BCUT2D eigenvalue weighted by Gasteiger charge is 2.24. The highest BCUT2D eigenvalue weighted by molar-refractivity contribution is 7.11. The summed E-state index contributed by atoms with van der Waals surface area (Å²) in [5, 5.41) is 8.32. The average Bonchev–Trinajstić information content (AvgIpc) is 3.30. The van der Waals surface area contributed by atoms with Gasteiger partial charge in [-0.25, -0.2) is 9.97 Å². The SMILES string of the molecule is Cn1cnc(C(=O)NCCc2nc3c(s2)CCNC3Cc2ccc(Cl)cc2)c1. The standard InChI is InChI=1S/C20H22ClN5OS/c1-26-11-16(24-12-26)20(27)23-9-7-18-25-19-15(22-8-6-17(19)28-18)10-13-2-4-14(21)5-3-13/h2-5,11-12,15,22H,6-10H2,1H3,(H,23,27). The van der Waals surface area contributed by atoms with E-state index in [1.807, 2.05) is 19.2 Å². The molecule has 0 fully saturated rings. The highest BCUT2D eigenvalue weighted by atomic mass is 35.5. The Morgan fingerprint density at radius 3 is 2.96 bits per heavy atom. The lowest BCUT2D eigenvalue weighted by Crippen LogP contribution is -2.30. The van der Waals surface area contributed by atoms with E-state index < -0.39 is 0 Å². The minimum absolute atomic E-state index is 0.149. The molecule has 1 aromatic carbocycles. The van der Waals surface area contributed by atoms with Crippen molar-refractivity contribution in [3.63, 3.8) is 0 Å². The summed E-state index contributed by atoms with van der Waals surface area (Å²) in [6, 6.07) is 8.21. The molecule has 28 heavy (non-hydrogen) atoms. The lowest BCUT2D eigenvalue weighted by Gasteiger charge is -2.23. The number of aromatic nitrogens is 3. The van der Waals surface area contributed by atoms with Crippen LogP contribution in [0.2, 0.25) is 5.02 Å². The number of fused-ring (bicyclic) bond motifs is 1. The number of nitrogens with one attached hydrogen (secondary N) is 2. The van der Waals surface area contributed by atoms with Crippen LogP contribution in [0.25, 0.3) is 0 Å². The van der Waals surface area contributed by atoms with Gasteiger partial charge in [-0.3, -0.25) is 4.79 Å². The van der Waals surface area contributed by atoms with Crippen LogP contribution in [0.4, 0.5) is 0 Å². The van der Waals surface area contributed by atoms with E-state index in [1.165, 1.54) is 10.4 Å². The van der Waals surface area contributed by atoms with Gasteiger partial charge in [0, 0.05) is 42.7 Å². The topological polar surface area (TPSA) is 71.8 Å². The van der Waals surface area contributed by atoms with Crippen molar-refractivity contribution in [3.05, 3.63) is 68.6 Å². The second-order valence-electron chi connectivity index (χ2n) is 6.93. The van der Waals surface area contributed by atoms with Gasteiger partial charge in [0.05, 0.1) is 23.1 Å². The molecule has 146 valence electrons. The predicted molar refractivity (Wildman–Crippen MR) is 111 cm³/mol. The van der Waals surface area contributed by atoms with Crippen molar-refractivity contribution < 1.29 is 4.79 Å². The smallest absolute Gasteiger partial charge is 0.271 e. The van der Waals surface area contributed by atoms with Gasteiger partial charge in [-0.1, -0.05) is 23.7 Å². The number of nitrogens with zero attached hydrogens (tertiary/aromatic N) is 3. The highest BCUT2D eigenvalue weighted by Crippen LogP contribution is 2.30. The van der Waals surface area contributed by atoms with Gasteiger partial charge in [0.1, 0.15) is 5.69 Å². The van der Waals surface area contributed by atoms with E-state index in [1.54, 1.807) is 28.4 Å². The molecule has 8 heteroatoms. The zero-order valence-electron chi connectivity index (χ0n) is 15.6. The van der Waals surface area contributed by atoms with Crippen molar-refractivity contribution >= 4 is 28.8 Å². The fraction of sp³-hybridized carbons (Fsp3) is 0.350. The third-order valence-corrected chi connectivity index (χ3v) is 6.20. The molecule has 0 bridgehead atoms. The van der Waals surface area contributed by atoms with Crippen molar-refractivity contribution in [1.82, 2.24) is 25.2 Å². The molecule has 1 unspecified atom stereocenters.